The van der Waals surface area contributed by atoms with Crippen molar-refractivity contribution in [3.05, 3.63) is 64.3 Å². The average molecular weight is 466 g/mol. The van der Waals surface area contributed by atoms with Gasteiger partial charge < -0.3 is 9.88 Å². The lowest BCUT2D eigenvalue weighted by Crippen LogP contribution is -2.40. The number of aromatic nitrogens is 1. The number of aromatic amines is 1. The maximum atomic E-state index is 12.8. The minimum Gasteiger partial charge on any atom is -0.361 e. The summed E-state index contributed by atoms with van der Waals surface area (Å²) in [7, 11) is -1.98. The summed E-state index contributed by atoms with van der Waals surface area (Å²) >= 11 is 11.9. The van der Waals surface area contributed by atoms with Crippen LogP contribution in [-0.4, -0.2) is 55.8 Å². The zero-order chi connectivity index (χ0) is 21.3. The van der Waals surface area contributed by atoms with E-state index < -0.39 is 10.0 Å². The van der Waals surface area contributed by atoms with Crippen LogP contribution in [0.2, 0.25) is 10.0 Å². The van der Waals surface area contributed by atoms with Crippen LogP contribution >= 0.6 is 23.2 Å². The number of nitrogens with zero attached hydrogens (tertiary/aromatic N) is 2. The average Bonchev–Trinajstić information content (AvgIpc) is 3.18. The molecule has 1 fully saturated rings. The monoisotopic (exact) mass is 465 g/mol. The molecule has 160 valence electrons. The van der Waals surface area contributed by atoms with Crippen molar-refractivity contribution < 1.29 is 8.42 Å². The van der Waals surface area contributed by atoms with E-state index in [1.54, 1.807) is 7.05 Å². The van der Waals surface area contributed by atoms with Crippen molar-refractivity contribution >= 4 is 44.1 Å². The summed E-state index contributed by atoms with van der Waals surface area (Å²) in [6.45, 7) is 3.06. The van der Waals surface area contributed by atoms with E-state index >= 15 is 0 Å². The van der Waals surface area contributed by atoms with E-state index in [1.807, 2.05) is 6.07 Å². The fourth-order valence-electron chi connectivity index (χ4n) is 4.12. The van der Waals surface area contributed by atoms with E-state index in [4.69, 9.17) is 23.2 Å². The molecule has 0 radical (unpaired) electrons. The van der Waals surface area contributed by atoms with Crippen LogP contribution in [0.15, 0.2) is 53.6 Å². The number of piperidine rings is 1. The van der Waals surface area contributed by atoms with Crippen LogP contribution in [0.3, 0.4) is 0 Å². The van der Waals surface area contributed by atoms with Crippen molar-refractivity contribution in [1.82, 2.24) is 14.2 Å². The van der Waals surface area contributed by atoms with E-state index in [1.165, 1.54) is 39.0 Å². The van der Waals surface area contributed by atoms with Gasteiger partial charge in [-0.2, -0.15) is 4.31 Å². The fourth-order valence-corrected chi connectivity index (χ4v) is 5.67. The number of likely N-dealkylation sites (N-methyl/N-ethyl adjacent to an activating group) is 1. The number of rotatable bonds is 6. The van der Waals surface area contributed by atoms with Crippen molar-refractivity contribution in [2.45, 2.75) is 23.7 Å². The number of sulfonamides is 1. The predicted molar refractivity (Wildman–Crippen MR) is 123 cm³/mol. The normalized spacial score (nSPS) is 16.5. The second-order valence-electron chi connectivity index (χ2n) is 7.81. The summed E-state index contributed by atoms with van der Waals surface area (Å²) in [5.74, 6) is 0.537. The summed E-state index contributed by atoms with van der Waals surface area (Å²) in [5, 5.41) is 1.89. The minimum atomic E-state index is -3.59. The molecule has 0 aliphatic carbocycles. The number of para-hydroxylation sites is 1. The highest BCUT2D eigenvalue weighted by Gasteiger charge is 2.25. The Labute approximate surface area is 187 Å². The van der Waals surface area contributed by atoms with Crippen LogP contribution < -0.4 is 0 Å². The largest absolute Gasteiger partial charge is 0.361 e. The van der Waals surface area contributed by atoms with Crippen LogP contribution in [0.25, 0.3) is 10.9 Å². The third-order valence-corrected chi connectivity index (χ3v) is 8.57. The quantitative estimate of drug-likeness (QED) is 0.558. The molecule has 0 amide bonds. The van der Waals surface area contributed by atoms with Gasteiger partial charge in [-0.15, -0.1) is 0 Å². The third-order valence-electron chi connectivity index (χ3n) is 5.98. The Hall–Kier alpha value is -1.57. The maximum Gasteiger partial charge on any atom is 0.242 e. The number of H-pyrrole nitrogens is 1. The lowest BCUT2D eigenvalue weighted by atomic mass is 9.89. The van der Waals surface area contributed by atoms with Gasteiger partial charge in [0.05, 0.1) is 14.9 Å². The molecule has 1 N–H and O–H groups in total. The summed E-state index contributed by atoms with van der Waals surface area (Å²) in [5.41, 5.74) is 2.58. The molecule has 4 rings (SSSR count). The van der Waals surface area contributed by atoms with Gasteiger partial charge in [0, 0.05) is 37.2 Å². The Kier molecular flexibility index (Phi) is 6.42. The molecule has 0 spiro atoms. The van der Waals surface area contributed by atoms with Crippen molar-refractivity contribution in [3.8, 4) is 0 Å². The zero-order valence-corrected chi connectivity index (χ0v) is 19.1. The maximum absolute atomic E-state index is 12.8. The molecule has 30 heavy (non-hydrogen) atoms. The molecule has 0 atom stereocenters. The first-order chi connectivity index (χ1) is 14.4. The van der Waals surface area contributed by atoms with Crippen LogP contribution in [0.5, 0.6) is 0 Å². The summed E-state index contributed by atoms with van der Waals surface area (Å²) < 4.78 is 27.0. The topological polar surface area (TPSA) is 56.4 Å². The molecular formula is C22H25Cl2N3O2S. The van der Waals surface area contributed by atoms with Gasteiger partial charge in [-0.05, 0) is 61.7 Å². The molecular weight excluding hydrogens is 441 g/mol. The molecule has 1 aromatic heterocycles. The first-order valence-electron chi connectivity index (χ1n) is 10.1. The Morgan fingerprint density at radius 1 is 1.10 bits per heavy atom. The smallest absolute Gasteiger partial charge is 0.242 e. The number of nitrogens with one attached hydrogen (secondary N) is 1. The highest BCUT2D eigenvalue weighted by atomic mass is 35.5. The SMILES string of the molecule is CN(CCN1CCC(c2c[nH]c3ccccc23)CC1)S(=O)(=O)c1ccc(Cl)c(Cl)c1. The molecule has 5 nitrogen and oxygen atoms in total. The molecule has 8 heteroatoms. The van der Waals surface area contributed by atoms with Gasteiger partial charge in [-0.3, -0.25) is 0 Å². The molecule has 3 aromatic rings. The van der Waals surface area contributed by atoms with Crippen LogP contribution in [0, 0.1) is 0 Å². The fraction of sp³-hybridized carbons (Fsp3) is 0.364. The first kappa shape index (κ1) is 21.7. The van der Waals surface area contributed by atoms with Crippen molar-refractivity contribution in [3.63, 3.8) is 0 Å². The van der Waals surface area contributed by atoms with E-state index in [0.29, 0.717) is 24.0 Å². The van der Waals surface area contributed by atoms with Gasteiger partial charge in [-0.25, -0.2) is 8.42 Å². The van der Waals surface area contributed by atoms with Crippen molar-refractivity contribution in [2.24, 2.45) is 0 Å². The number of likely N-dealkylation sites (tertiary alicyclic amines) is 1. The lowest BCUT2D eigenvalue weighted by Gasteiger charge is -2.32. The molecule has 2 heterocycles. The second kappa shape index (κ2) is 8.89. The number of hydrogen-bond acceptors (Lipinski definition) is 3. The van der Waals surface area contributed by atoms with Gasteiger partial charge in [0.2, 0.25) is 10.0 Å². The second-order valence-corrected chi connectivity index (χ2v) is 10.7. The Bertz CT molecular complexity index is 1140. The first-order valence-corrected chi connectivity index (χ1v) is 12.3. The molecule has 0 bridgehead atoms. The highest BCUT2D eigenvalue weighted by Crippen LogP contribution is 2.33. The van der Waals surface area contributed by atoms with Crippen LogP contribution in [-0.2, 0) is 10.0 Å². The third kappa shape index (κ3) is 4.39. The van der Waals surface area contributed by atoms with Gasteiger partial charge in [-0.1, -0.05) is 41.4 Å². The lowest BCUT2D eigenvalue weighted by molar-refractivity contribution is 0.204. The molecule has 0 saturated carbocycles. The number of halogens is 2. The molecule has 0 unspecified atom stereocenters. The van der Waals surface area contributed by atoms with Crippen LogP contribution in [0.4, 0.5) is 0 Å². The van der Waals surface area contributed by atoms with E-state index in [0.717, 1.165) is 25.9 Å². The zero-order valence-electron chi connectivity index (χ0n) is 16.8. The van der Waals surface area contributed by atoms with Gasteiger partial charge >= 0.3 is 0 Å². The minimum absolute atomic E-state index is 0.164. The Morgan fingerprint density at radius 2 is 1.83 bits per heavy atom. The predicted octanol–water partition coefficient (Wildman–Crippen LogP) is 4.97. The summed E-state index contributed by atoms with van der Waals surface area (Å²) in [6, 6.07) is 12.8. The Balaban J connectivity index is 1.33. The van der Waals surface area contributed by atoms with E-state index in [2.05, 4.69) is 34.3 Å². The van der Waals surface area contributed by atoms with Gasteiger partial charge in [0.15, 0.2) is 0 Å². The van der Waals surface area contributed by atoms with Gasteiger partial charge in [0.25, 0.3) is 0 Å². The van der Waals surface area contributed by atoms with Gasteiger partial charge in [0.1, 0.15) is 0 Å². The van der Waals surface area contributed by atoms with E-state index in [-0.39, 0.29) is 9.92 Å². The molecule has 1 aliphatic rings. The summed E-state index contributed by atoms with van der Waals surface area (Å²) in [4.78, 5) is 5.88. The highest BCUT2D eigenvalue weighted by molar-refractivity contribution is 7.89. The van der Waals surface area contributed by atoms with Crippen molar-refractivity contribution in [1.29, 1.82) is 0 Å². The number of benzene rings is 2. The number of hydrogen-bond donors (Lipinski definition) is 1. The summed E-state index contributed by atoms with van der Waals surface area (Å²) in [6.07, 6.45) is 4.29. The Morgan fingerprint density at radius 3 is 2.57 bits per heavy atom. The molecule has 1 saturated heterocycles. The number of fused-ring (bicyclic) bond motifs is 1. The van der Waals surface area contributed by atoms with E-state index in [9.17, 15) is 8.42 Å². The molecule has 2 aromatic carbocycles. The standard InChI is InChI=1S/C22H25Cl2N3O2S/c1-26(30(28,29)17-6-7-20(23)21(24)14-17)12-13-27-10-8-16(9-11-27)19-15-25-22-5-3-2-4-18(19)22/h2-7,14-16,25H,8-13H2,1H3. The molecule has 1 aliphatic heterocycles. The van der Waals surface area contributed by atoms with Crippen LogP contribution in [0.1, 0.15) is 24.3 Å². The van der Waals surface area contributed by atoms with Crippen molar-refractivity contribution in [2.75, 3.05) is 33.2 Å².